The number of carbonyl (C=O) groups excluding carboxylic acids is 1. The number of allylic oxidation sites excluding steroid dienone is 23. The van der Waals surface area contributed by atoms with Gasteiger partial charge in [0.05, 0.1) is 38.6 Å². The van der Waals surface area contributed by atoms with Crippen molar-refractivity contribution in [3.63, 3.8) is 0 Å². The molecular weight excluding hydrogens is 1170 g/mol. The molecular formula is C72H115NO18. The van der Waals surface area contributed by atoms with Crippen LogP contribution in [0.5, 0.6) is 0 Å². The number of ether oxygens (including phenoxy) is 6. The number of hydrogen-bond donors (Lipinski definition) is 12. The highest BCUT2D eigenvalue weighted by atomic mass is 16.8. The van der Waals surface area contributed by atoms with Crippen LogP contribution in [0.15, 0.2) is 146 Å². The summed E-state index contributed by atoms with van der Waals surface area (Å²) in [4.78, 5) is 13.3. The maximum absolute atomic E-state index is 13.3. The molecule has 3 saturated heterocycles. The van der Waals surface area contributed by atoms with Crippen LogP contribution in [0.2, 0.25) is 0 Å². The lowest BCUT2D eigenvalue weighted by atomic mass is 9.96. The fraction of sp³-hybridized carbons (Fsp3) is 0.653. The van der Waals surface area contributed by atoms with Gasteiger partial charge in [-0.1, -0.05) is 198 Å². The van der Waals surface area contributed by atoms with Gasteiger partial charge in [-0.15, -0.1) is 0 Å². The van der Waals surface area contributed by atoms with Crippen LogP contribution in [0.25, 0.3) is 0 Å². The van der Waals surface area contributed by atoms with E-state index >= 15 is 0 Å². The third kappa shape index (κ3) is 34.1. The largest absolute Gasteiger partial charge is 0.394 e. The normalized spacial score (nSPS) is 28.8. The van der Waals surface area contributed by atoms with Gasteiger partial charge in [-0.25, -0.2) is 0 Å². The summed E-state index contributed by atoms with van der Waals surface area (Å²) in [6.07, 6.45) is 47.0. The van der Waals surface area contributed by atoms with Gasteiger partial charge in [-0.3, -0.25) is 4.79 Å². The monoisotopic (exact) mass is 1280 g/mol. The van der Waals surface area contributed by atoms with Crippen LogP contribution in [0.1, 0.15) is 168 Å². The van der Waals surface area contributed by atoms with Gasteiger partial charge >= 0.3 is 0 Å². The van der Waals surface area contributed by atoms with Crippen LogP contribution in [-0.2, 0) is 33.2 Å². The second-order valence-corrected chi connectivity index (χ2v) is 23.2. The molecule has 0 radical (unpaired) electrons. The van der Waals surface area contributed by atoms with Crippen LogP contribution < -0.4 is 5.32 Å². The number of unbranched alkanes of at least 4 members (excludes halogenated alkanes) is 10. The second-order valence-electron chi connectivity index (χ2n) is 23.2. The fourth-order valence-electron chi connectivity index (χ4n) is 10.2. The number of carbonyl (C=O) groups is 1. The number of nitrogens with one attached hydrogen (secondary N) is 1. The van der Waals surface area contributed by atoms with E-state index in [0.29, 0.717) is 12.8 Å². The van der Waals surface area contributed by atoms with Gasteiger partial charge < -0.3 is 89.9 Å². The molecule has 516 valence electrons. The van der Waals surface area contributed by atoms with Crippen molar-refractivity contribution in [2.75, 3.05) is 26.4 Å². The number of rotatable bonds is 48. The van der Waals surface area contributed by atoms with Gasteiger partial charge in [0, 0.05) is 6.42 Å². The Bertz CT molecular complexity index is 2220. The Morgan fingerprint density at radius 1 is 0.407 bits per heavy atom. The molecule has 91 heavy (non-hydrogen) atoms. The topological polar surface area (TPSA) is 307 Å². The highest BCUT2D eigenvalue weighted by molar-refractivity contribution is 5.76. The maximum Gasteiger partial charge on any atom is 0.220 e. The SMILES string of the molecule is CC/C=C\C/C=C\C/C=C\C/C=C\C/C=C\C/C=C\C/C=C\C/C=C\C/C=C\CCCCCCCCCC(=O)NC(COC1OC(CO)C(OC2OC(CO)C(OC3OC(CO)C(O)C(O)C3O)C(O)C2O)C(O)C1O)C(O)/C=C/CC/C=C/CC/C=C/CCC. The number of aliphatic hydroxyl groups is 11. The molecule has 0 spiro atoms. The Hall–Kier alpha value is -4.33. The molecule has 0 aliphatic carbocycles. The average Bonchev–Trinajstić information content (AvgIpc) is 1.05. The Morgan fingerprint density at radius 3 is 1.22 bits per heavy atom. The van der Waals surface area contributed by atoms with E-state index in [1.807, 2.05) is 6.08 Å². The number of aliphatic hydroxyl groups excluding tert-OH is 11. The summed E-state index contributed by atoms with van der Waals surface area (Å²) in [6.45, 7) is 1.45. The lowest BCUT2D eigenvalue weighted by molar-refractivity contribution is -0.379. The first-order valence-electron chi connectivity index (χ1n) is 33.6. The Labute approximate surface area is 542 Å². The Morgan fingerprint density at radius 2 is 0.769 bits per heavy atom. The molecule has 17 atom stereocenters. The van der Waals surface area contributed by atoms with Crippen molar-refractivity contribution < 1.29 is 89.4 Å². The van der Waals surface area contributed by atoms with Crippen molar-refractivity contribution in [2.24, 2.45) is 0 Å². The van der Waals surface area contributed by atoms with E-state index in [-0.39, 0.29) is 18.9 Å². The maximum atomic E-state index is 13.3. The zero-order valence-corrected chi connectivity index (χ0v) is 54.2. The summed E-state index contributed by atoms with van der Waals surface area (Å²) >= 11 is 0. The molecule has 1 amide bonds. The zero-order chi connectivity index (χ0) is 66.1. The van der Waals surface area contributed by atoms with Crippen LogP contribution in [0.3, 0.4) is 0 Å². The summed E-state index contributed by atoms with van der Waals surface area (Å²) in [7, 11) is 0. The van der Waals surface area contributed by atoms with Crippen LogP contribution in [0, 0.1) is 0 Å². The first-order valence-corrected chi connectivity index (χ1v) is 33.6. The molecule has 0 aromatic rings. The highest BCUT2D eigenvalue weighted by Crippen LogP contribution is 2.33. The summed E-state index contributed by atoms with van der Waals surface area (Å²) in [5.74, 6) is -0.311. The van der Waals surface area contributed by atoms with Crippen molar-refractivity contribution in [2.45, 2.75) is 272 Å². The van der Waals surface area contributed by atoms with E-state index < -0.39 is 124 Å². The van der Waals surface area contributed by atoms with Gasteiger partial charge in [-0.2, -0.15) is 0 Å². The van der Waals surface area contributed by atoms with E-state index in [1.165, 1.54) is 0 Å². The van der Waals surface area contributed by atoms with E-state index in [4.69, 9.17) is 28.4 Å². The Kier molecular flexibility index (Phi) is 46.2. The predicted octanol–water partition coefficient (Wildman–Crippen LogP) is 8.37. The van der Waals surface area contributed by atoms with Gasteiger partial charge in [0.2, 0.25) is 5.91 Å². The van der Waals surface area contributed by atoms with Crippen LogP contribution in [0.4, 0.5) is 0 Å². The molecule has 17 unspecified atom stereocenters. The number of hydrogen-bond acceptors (Lipinski definition) is 18. The molecule has 3 aliphatic rings. The van der Waals surface area contributed by atoms with Gasteiger partial charge in [0.15, 0.2) is 18.9 Å². The van der Waals surface area contributed by atoms with Crippen molar-refractivity contribution in [3.8, 4) is 0 Å². The first-order chi connectivity index (χ1) is 44.3. The molecule has 3 heterocycles. The lowest BCUT2D eigenvalue weighted by Gasteiger charge is -2.48. The average molecular weight is 1280 g/mol. The highest BCUT2D eigenvalue weighted by Gasteiger charge is 2.53. The molecule has 12 N–H and O–H groups in total. The van der Waals surface area contributed by atoms with E-state index in [1.54, 1.807) is 6.08 Å². The van der Waals surface area contributed by atoms with E-state index in [9.17, 15) is 61.0 Å². The van der Waals surface area contributed by atoms with Crippen molar-refractivity contribution in [3.05, 3.63) is 146 Å². The third-order valence-electron chi connectivity index (χ3n) is 15.6. The minimum absolute atomic E-state index is 0.208. The molecule has 0 bridgehead atoms. The van der Waals surface area contributed by atoms with Crippen LogP contribution in [-0.4, -0.2) is 193 Å². The molecule has 0 saturated carbocycles. The standard InChI is InChI=1S/C72H115NO18/c1-3-5-7-9-11-13-15-16-17-18-19-20-21-22-23-24-25-26-27-28-29-30-31-32-33-34-35-36-37-38-40-42-44-46-48-50-60(78)73-55(56(77)49-47-45-43-41-39-14-12-10-8-6-4-2)54-86-70-66(84)63(81)68(58(52-75)88-70)91-72-67(85)64(82)69(59(53-76)89-72)90-71-65(83)62(80)61(79)57(51-74)87-71/h5,7-8,10-11,13,16-17,19-20,22-23,25-26,28-29,31-32,34-35,39,41,47,49,55-59,61-72,74-77,79-85H,3-4,6,9,12,14-15,18,21,24,27,30,33,36-38,40,42-46,48,50-54H2,1-2H3,(H,73,78)/b7-5-,10-8+,13-11-,17-16-,20-19-,23-22-,26-25-,29-28-,32-31-,35-34-,41-39+,49-47+. The van der Waals surface area contributed by atoms with Crippen molar-refractivity contribution in [1.29, 1.82) is 0 Å². The molecule has 0 aromatic heterocycles. The molecule has 19 heteroatoms. The number of amides is 1. The minimum atomic E-state index is -1.99. The van der Waals surface area contributed by atoms with E-state index in [0.717, 1.165) is 135 Å². The Balaban J connectivity index is 1.38. The van der Waals surface area contributed by atoms with Crippen molar-refractivity contribution >= 4 is 5.91 Å². The molecule has 3 rings (SSSR count). The summed E-state index contributed by atoms with van der Waals surface area (Å²) < 4.78 is 34.2. The predicted molar refractivity (Wildman–Crippen MR) is 355 cm³/mol. The zero-order valence-electron chi connectivity index (χ0n) is 54.2. The summed E-state index contributed by atoms with van der Waals surface area (Å²) in [5.41, 5.74) is 0. The summed E-state index contributed by atoms with van der Waals surface area (Å²) in [5, 5.41) is 120. The third-order valence-corrected chi connectivity index (χ3v) is 15.6. The van der Waals surface area contributed by atoms with Crippen molar-refractivity contribution in [1.82, 2.24) is 5.32 Å². The molecule has 19 nitrogen and oxygen atoms in total. The van der Waals surface area contributed by atoms with Gasteiger partial charge in [0.25, 0.3) is 0 Å². The smallest absolute Gasteiger partial charge is 0.220 e. The second kappa shape index (κ2) is 52.0. The lowest BCUT2D eigenvalue weighted by Crippen LogP contribution is -2.66. The first kappa shape index (κ1) is 80.9. The fourth-order valence-corrected chi connectivity index (χ4v) is 10.2. The van der Waals surface area contributed by atoms with Gasteiger partial charge in [-0.05, 0) is 109 Å². The minimum Gasteiger partial charge on any atom is -0.394 e. The van der Waals surface area contributed by atoms with Gasteiger partial charge in [0.1, 0.15) is 73.2 Å². The molecule has 3 aliphatic heterocycles. The van der Waals surface area contributed by atoms with Crippen LogP contribution >= 0.6 is 0 Å². The van der Waals surface area contributed by atoms with E-state index in [2.05, 4.69) is 153 Å². The molecule has 3 fully saturated rings. The summed E-state index contributed by atoms with van der Waals surface area (Å²) in [6, 6.07) is -1.01. The quantitative estimate of drug-likeness (QED) is 0.0201. The molecule has 0 aromatic carbocycles.